The molecule has 30 heavy (non-hydrogen) atoms. The molecule has 0 bridgehead atoms. The van der Waals surface area contributed by atoms with Crippen LogP contribution in [-0.2, 0) is 26.0 Å². The largest absolute Gasteiger partial charge is 0.452 e. The summed E-state index contributed by atoms with van der Waals surface area (Å²) in [5, 5.41) is 2.75. The molecule has 1 heterocycles. The van der Waals surface area contributed by atoms with Crippen LogP contribution in [0.5, 0.6) is 0 Å². The first-order valence-corrected chi connectivity index (χ1v) is 11.4. The van der Waals surface area contributed by atoms with E-state index < -0.39 is 22.6 Å². The molecule has 3 rings (SSSR count). The molecule has 0 saturated carbocycles. The first-order chi connectivity index (χ1) is 14.3. The maximum atomic E-state index is 13.1. The maximum Gasteiger partial charge on any atom is 0.338 e. The fourth-order valence-electron chi connectivity index (χ4n) is 3.50. The van der Waals surface area contributed by atoms with E-state index in [4.69, 9.17) is 4.74 Å². The van der Waals surface area contributed by atoms with Crippen molar-refractivity contribution in [2.24, 2.45) is 0 Å². The van der Waals surface area contributed by atoms with E-state index in [1.807, 2.05) is 26.0 Å². The Balaban J connectivity index is 1.70. The molecule has 160 valence electrons. The van der Waals surface area contributed by atoms with E-state index in [-0.39, 0.29) is 22.4 Å². The van der Waals surface area contributed by atoms with Crippen LogP contribution < -0.4 is 9.62 Å². The Morgan fingerprint density at radius 1 is 1.17 bits per heavy atom. The lowest BCUT2D eigenvalue weighted by Gasteiger charge is -2.19. The highest BCUT2D eigenvalue weighted by atomic mass is 32.2. The summed E-state index contributed by atoms with van der Waals surface area (Å²) >= 11 is 0. The molecule has 1 amide bonds. The predicted octanol–water partition coefficient (Wildman–Crippen LogP) is 2.90. The molecule has 0 aliphatic carbocycles. The van der Waals surface area contributed by atoms with Crippen molar-refractivity contribution in [2.45, 2.75) is 44.0 Å². The number of sulfonamides is 1. The second-order valence-corrected chi connectivity index (χ2v) is 9.18. The van der Waals surface area contributed by atoms with E-state index in [1.165, 1.54) is 28.6 Å². The lowest BCUT2D eigenvalue weighted by molar-refractivity contribution is -0.124. The summed E-state index contributed by atoms with van der Waals surface area (Å²) in [6, 6.07) is 13.1. The second-order valence-electron chi connectivity index (χ2n) is 7.32. The van der Waals surface area contributed by atoms with Gasteiger partial charge in [0.2, 0.25) is 0 Å². The fraction of sp³-hybridized carbons (Fsp3) is 0.364. The number of hydrogen-bond acceptors (Lipinski definition) is 5. The zero-order valence-corrected chi connectivity index (χ0v) is 17.9. The molecule has 0 spiro atoms. The van der Waals surface area contributed by atoms with Crippen LogP contribution in [-0.4, -0.2) is 39.5 Å². The zero-order chi connectivity index (χ0) is 21.7. The number of para-hydroxylation sites is 1. The van der Waals surface area contributed by atoms with Crippen molar-refractivity contribution in [1.82, 2.24) is 5.32 Å². The van der Waals surface area contributed by atoms with Crippen LogP contribution in [0.25, 0.3) is 0 Å². The van der Waals surface area contributed by atoms with Gasteiger partial charge in [-0.05, 0) is 49.6 Å². The number of carbonyl (C=O) groups excluding carboxylic acids is 2. The highest BCUT2D eigenvalue weighted by Crippen LogP contribution is 2.32. The average Bonchev–Trinajstić information content (AvgIpc) is 3.17. The molecule has 1 aliphatic rings. The number of esters is 1. The Bertz CT molecular complexity index is 1040. The second kappa shape index (κ2) is 9.30. The molecular formula is C22H26N2O5S. The third-order valence-electron chi connectivity index (χ3n) is 4.97. The summed E-state index contributed by atoms with van der Waals surface area (Å²) in [5.74, 6) is -1.13. The smallest absolute Gasteiger partial charge is 0.338 e. The predicted molar refractivity (Wildman–Crippen MR) is 114 cm³/mol. The molecule has 0 unspecified atom stereocenters. The van der Waals surface area contributed by atoms with Crippen LogP contribution in [0.15, 0.2) is 53.4 Å². The summed E-state index contributed by atoms with van der Waals surface area (Å²) in [4.78, 5) is 24.2. The molecule has 0 radical (unpaired) electrons. The topological polar surface area (TPSA) is 92.8 Å². The zero-order valence-electron chi connectivity index (χ0n) is 17.1. The van der Waals surface area contributed by atoms with Gasteiger partial charge in [-0.2, -0.15) is 0 Å². The average molecular weight is 431 g/mol. The maximum absolute atomic E-state index is 13.1. The summed E-state index contributed by atoms with van der Waals surface area (Å²) in [6.45, 7) is 3.84. The van der Waals surface area contributed by atoms with Crippen LogP contribution in [0.4, 0.5) is 5.69 Å². The van der Waals surface area contributed by atoms with Crippen molar-refractivity contribution >= 4 is 27.6 Å². The first-order valence-electron chi connectivity index (χ1n) is 10.00. The van der Waals surface area contributed by atoms with Gasteiger partial charge in [-0.15, -0.1) is 0 Å². The number of nitrogens with one attached hydrogen (secondary N) is 1. The quantitative estimate of drug-likeness (QED) is 0.650. The van der Waals surface area contributed by atoms with Gasteiger partial charge in [0.15, 0.2) is 6.61 Å². The lowest BCUT2D eigenvalue weighted by Crippen LogP contribution is -2.35. The van der Waals surface area contributed by atoms with Gasteiger partial charge in [0.05, 0.1) is 16.1 Å². The van der Waals surface area contributed by atoms with Crippen LogP contribution in [0.1, 0.15) is 42.6 Å². The summed E-state index contributed by atoms with van der Waals surface area (Å²) in [7, 11) is -3.82. The molecule has 1 atom stereocenters. The van der Waals surface area contributed by atoms with Gasteiger partial charge in [0.1, 0.15) is 0 Å². The Morgan fingerprint density at radius 3 is 2.70 bits per heavy atom. The van der Waals surface area contributed by atoms with Crippen molar-refractivity contribution in [1.29, 1.82) is 0 Å². The van der Waals surface area contributed by atoms with Gasteiger partial charge in [-0.25, -0.2) is 13.2 Å². The van der Waals surface area contributed by atoms with Gasteiger partial charge < -0.3 is 10.1 Å². The van der Waals surface area contributed by atoms with Gasteiger partial charge in [0, 0.05) is 12.6 Å². The van der Waals surface area contributed by atoms with E-state index >= 15 is 0 Å². The minimum Gasteiger partial charge on any atom is -0.452 e. The molecule has 2 aromatic rings. The van der Waals surface area contributed by atoms with Crippen LogP contribution in [0.3, 0.4) is 0 Å². The summed E-state index contributed by atoms with van der Waals surface area (Å²) in [6.07, 6.45) is 2.41. The number of hydrogen-bond donors (Lipinski definition) is 1. The Hall–Kier alpha value is -2.87. The normalized spacial score (nSPS) is 14.1. The fourth-order valence-corrected chi connectivity index (χ4v) is 5.05. The molecule has 1 aliphatic heterocycles. The highest BCUT2D eigenvalue weighted by Gasteiger charge is 2.31. The Morgan fingerprint density at radius 2 is 1.93 bits per heavy atom. The molecular weight excluding hydrogens is 404 g/mol. The Labute approximate surface area is 177 Å². The summed E-state index contributed by atoms with van der Waals surface area (Å²) < 4.78 is 32.7. The third-order valence-corrected chi connectivity index (χ3v) is 6.77. The lowest BCUT2D eigenvalue weighted by atomic mass is 10.2. The van der Waals surface area contributed by atoms with E-state index in [2.05, 4.69) is 5.32 Å². The van der Waals surface area contributed by atoms with Crippen molar-refractivity contribution in [3.63, 3.8) is 0 Å². The monoisotopic (exact) mass is 430 g/mol. The number of anilines is 1. The molecule has 0 fully saturated rings. The molecule has 0 saturated heterocycles. The van der Waals surface area contributed by atoms with Crippen LogP contribution in [0, 0.1) is 0 Å². The minimum absolute atomic E-state index is 0.00184. The SMILES string of the molecule is CCC[C@H](C)NC(=O)COC(=O)c1cccc(S(=O)(=O)N2CCc3ccccc32)c1. The molecule has 0 aromatic heterocycles. The van der Waals surface area contributed by atoms with E-state index in [0.717, 1.165) is 18.4 Å². The number of benzene rings is 2. The van der Waals surface area contributed by atoms with Crippen molar-refractivity contribution in [2.75, 3.05) is 17.5 Å². The van der Waals surface area contributed by atoms with Gasteiger partial charge in [-0.1, -0.05) is 37.6 Å². The summed E-state index contributed by atoms with van der Waals surface area (Å²) in [5.41, 5.74) is 1.71. The third kappa shape index (κ3) is 4.81. The number of fused-ring (bicyclic) bond motifs is 1. The van der Waals surface area contributed by atoms with Gasteiger partial charge in [-0.3, -0.25) is 9.10 Å². The molecule has 2 aromatic carbocycles. The van der Waals surface area contributed by atoms with Crippen LogP contribution in [0.2, 0.25) is 0 Å². The molecule has 1 N–H and O–H groups in total. The number of ether oxygens (including phenoxy) is 1. The van der Waals surface area contributed by atoms with Gasteiger partial charge in [0.25, 0.3) is 15.9 Å². The number of amides is 1. The first kappa shape index (κ1) is 21.8. The Kier molecular flexibility index (Phi) is 6.77. The van der Waals surface area contributed by atoms with E-state index in [0.29, 0.717) is 18.7 Å². The minimum atomic E-state index is -3.82. The standard InChI is InChI=1S/C22H26N2O5S/c1-3-7-16(2)23-21(25)15-29-22(26)18-9-6-10-19(14-18)30(27,28)24-13-12-17-8-4-5-11-20(17)24/h4-6,8-11,14,16H,3,7,12-13,15H2,1-2H3,(H,23,25)/t16-/m0/s1. The number of carbonyl (C=O) groups is 2. The highest BCUT2D eigenvalue weighted by molar-refractivity contribution is 7.92. The van der Waals surface area contributed by atoms with Crippen molar-refractivity contribution < 1.29 is 22.7 Å². The van der Waals surface area contributed by atoms with Crippen LogP contribution >= 0.6 is 0 Å². The van der Waals surface area contributed by atoms with Gasteiger partial charge >= 0.3 is 5.97 Å². The molecule has 7 nitrogen and oxygen atoms in total. The number of nitrogens with zero attached hydrogens (tertiary/aromatic N) is 1. The van der Waals surface area contributed by atoms with E-state index in [1.54, 1.807) is 12.1 Å². The van der Waals surface area contributed by atoms with Crippen molar-refractivity contribution in [3.8, 4) is 0 Å². The van der Waals surface area contributed by atoms with Crippen molar-refractivity contribution in [3.05, 3.63) is 59.7 Å². The number of rotatable bonds is 8. The van der Waals surface area contributed by atoms with E-state index in [9.17, 15) is 18.0 Å². The molecule has 8 heteroatoms.